The van der Waals surface area contributed by atoms with E-state index in [1.165, 1.54) is 19.3 Å². The van der Waals surface area contributed by atoms with Gasteiger partial charge in [0.25, 0.3) is 0 Å². The molecule has 0 aliphatic heterocycles. The van der Waals surface area contributed by atoms with Crippen molar-refractivity contribution in [1.29, 1.82) is 0 Å². The molecule has 0 saturated heterocycles. The maximum absolute atomic E-state index is 10.0. The molecule has 1 rings (SSSR count). The van der Waals surface area contributed by atoms with E-state index in [1.807, 2.05) is 0 Å². The highest BCUT2D eigenvalue weighted by Gasteiger charge is 2.12. The molecule has 0 spiro atoms. The molecule has 2 atom stereocenters. The minimum absolute atomic E-state index is 0.218. The smallest absolute Gasteiger partial charge is 0.139 e. The van der Waals surface area contributed by atoms with E-state index in [1.54, 1.807) is 18.2 Å². The monoisotopic (exact) mass is 348 g/mol. The van der Waals surface area contributed by atoms with Gasteiger partial charge in [0.1, 0.15) is 25.0 Å². The molecule has 0 aliphatic carbocycles. The number of quaternary nitrogens is 1. The van der Waals surface area contributed by atoms with Crippen molar-refractivity contribution < 1.29 is 15.2 Å². The predicted molar refractivity (Wildman–Crippen MR) is 92.9 cm³/mol. The number of hydrogen-bond acceptors (Lipinski definition) is 2. The van der Waals surface area contributed by atoms with Crippen molar-refractivity contribution in [3.8, 4) is 5.75 Å². The lowest BCUT2D eigenvalue weighted by Gasteiger charge is -2.16. The maximum Gasteiger partial charge on any atom is 0.139 e. The molecule has 1 aromatic rings. The minimum atomic E-state index is -0.525. The van der Waals surface area contributed by atoms with E-state index < -0.39 is 6.10 Å². The summed E-state index contributed by atoms with van der Waals surface area (Å²) in [4.78, 5) is 0. The van der Waals surface area contributed by atoms with Crippen LogP contribution in [0.1, 0.15) is 40.0 Å². The number of aliphatic hydroxyl groups is 1. The molecule has 0 radical (unpaired) electrons. The molecule has 3 nitrogen and oxygen atoms in total. The lowest BCUT2D eigenvalue weighted by molar-refractivity contribution is -0.692. The van der Waals surface area contributed by atoms with Crippen molar-refractivity contribution in [3.05, 3.63) is 28.2 Å². The standard InChI is InChI=1S/C17H27Cl2NO2/c1-12(2)5-4-6-13(3)20-10-15(21)11-22-17-9-14(18)7-8-16(17)19/h7-9,12-13,15,20-21H,4-6,10-11H2,1-3H3/p+1/t13-,15-/m1/s1. The summed E-state index contributed by atoms with van der Waals surface area (Å²) in [7, 11) is 0. The summed E-state index contributed by atoms with van der Waals surface area (Å²) < 4.78 is 5.54. The topological polar surface area (TPSA) is 46.1 Å². The van der Waals surface area contributed by atoms with Gasteiger partial charge < -0.3 is 15.2 Å². The number of halogens is 2. The Morgan fingerprint density at radius 2 is 1.91 bits per heavy atom. The Hall–Kier alpha value is -0.480. The number of benzene rings is 1. The molecule has 22 heavy (non-hydrogen) atoms. The first-order valence-electron chi connectivity index (χ1n) is 7.97. The van der Waals surface area contributed by atoms with Crippen LogP contribution in [-0.2, 0) is 0 Å². The van der Waals surface area contributed by atoms with E-state index in [2.05, 4.69) is 26.1 Å². The molecule has 0 fully saturated rings. The van der Waals surface area contributed by atoms with Gasteiger partial charge in [0.05, 0.1) is 11.1 Å². The Bertz CT molecular complexity index is 441. The molecule has 0 aromatic heterocycles. The van der Waals surface area contributed by atoms with Crippen LogP contribution >= 0.6 is 23.2 Å². The number of hydrogen-bond donors (Lipinski definition) is 2. The van der Waals surface area contributed by atoms with Crippen LogP contribution in [0.3, 0.4) is 0 Å². The van der Waals surface area contributed by atoms with Crippen LogP contribution in [0.2, 0.25) is 10.0 Å². The van der Waals surface area contributed by atoms with Crippen molar-refractivity contribution in [1.82, 2.24) is 0 Å². The summed E-state index contributed by atoms with van der Waals surface area (Å²) in [6.07, 6.45) is 3.14. The molecule has 0 amide bonds. The van der Waals surface area contributed by atoms with E-state index in [4.69, 9.17) is 27.9 Å². The zero-order valence-corrected chi connectivity index (χ0v) is 15.2. The predicted octanol–water partition coefficient (Wildman–Crippen LogP) is 3.51. The summed E-state index contributed by atoms with van der Waals surface area (Å²) in [6.45, 7) is 7.53. The first-order chi connectivity index (χ1) is 10.4. The average Bonchev–Trinajstić information content (AvgIpc) is 2.45. The first kappa shape index (κ1) is 19.6. The van der Waals surface area contributed by atoms with Gasteiger partial charge in [-0.05, 0) is 37.8 Å². The molecule has 1 aromatic carbocycles. The third kappa shape index (κ3) is 8.23. The molecule has 0 saturated carbocycles. The molecule has 0 heterocycles. The third-order valence-corrected chi connectivity index (χ3v) is 4.12. The summed E-state index contributed by atoms with van der Waals surface area (Å²) in [5, 5.41) is 13.2. The SMILES string of the molecule is CC(C)CCC[C@@H](C)[NH2+]C[C@@H](O)COc1cc(Cl)ccc1Cl. The number of nitrogens with two attached hydrogens (primary N) is 1. The fourth-order valence-electron chi connectivity index (χ4n) is 2.20. The second kappa shape index (κ2) is 10.3. The van der Waals surface area contributed by atoms with E-state index in [-0.39, 0.29) is 6.61 Å². The van der Waals surface area contributed by atoms with Crippen LogP contribution in [0.4, 0.5) is 0 Å². The summed E-state index contributed by atoms with van der Waals surface area (Å²) >= 11 is 11.9. The Labute approximate surface area is 144 Å². The quantitative estimate of drug-likeness (QED) is 0.679. The normalized spacial score (nSPS) is 14.1. The second-order valence-electron chi connectivity index (χ2n) is 6.31. The van der Waals surface area contributed by atoms with Crippen LogP contribution in [0.5, 0.6) is 5.75 Å². The summed E-state index contributed by atoms with van der Waals surface area (Å²) in [5.74, 6) is 1.27. The zero-order valence-electron chi connectivity index (χ0n) is 13.7. The van der Waals surface area contributed by atoms with Gasteiger partial charge in [0.2, 0.25) is 0 Å². The van der Waals surface area contributed by atoms with Gasteiger partial charge in [-0.25, -0.2) is 0 Å². The molecule has 0 bridgehead atoms. The van der Waals surface area contributed by atoms with Crippen molar-refractivity contribution >= 4 is 23.2 Å². The molecule has 3 N–H and O–H groups in total. The number of rotatable bonds is 10. The van der Waals surface area contributed by atoms with Crippen LogP contribution < -0.4 is 10.1 Å². The van der Waals surface area contributed by atoms with Crippen LogP contribution in [0.15, 0.2) is 18.2 Å². The van der Waals surface area contributed by atoms with E-state index >= 15 is 0 Å². The van der Waals surface area contributed by atoms with Gasteiger partial charge in [-0.3, -0.25) is 0 Å². The summed E-state index contributed by atoms with van der Waals surface area (Å²) in [5.41, 5.74) is 0. The Morgan fingerprint density at radius 3 is 2.59 bits per heavy atom. The van der Waals surface area contributed by atoms with Crippen LogP contribution in [0.25, 0.3) is 0 Å². The first-order valence-corrected chi connectivity index (χ1v) is 8.73. The fourth-order valence-corrected chi connectivity index (χ4v) is 2.53. The molecule has 0 aliphatic rings. The van der Waals surface area contributed by atoms with Gasteiger partial charge >= 0.3 is 0 Å². The highest BCUT2D eigenvalue weighted by Crippen LogP contribution is 2.27. The second-order valence-corrected chi connectivity index (χ2v) is 7.16. The number of ether oxygens (including phenoxy) is 1. The lowest BCUT2D eigenvalue weighted by atomic mass is 10.0. The van der Waals surface area contributed by atoms with Gasteiger partial charge in [-0.1, -0.05) is 43.5 Å². The summed E-state index contributed by atoms with van der Waals surface area (Å²) in [6, 6.07) is 5.58. The maximum atomic E-state index is 10.0. The Balaban J connectivity index is 2.23. The Morgan fingerprint density at radius 1 is 1.18 bits per heavy atom. The lowest BCUT2D eigenvalue weighted by Crippen LogP contribution is -2.91. The molecule has 0 unspecified atom stereocenters. The molecule has 126 valence electrons. The van der Waals surface area contributed by atoms with Gasteiger partial charge in [0, 0.05) is 11.1 Å². The van der Waals surface area contributed by atoms with Crippen LogP contribution in [-0.4, -0.2) is 30.4 Å². The van der Waals surface area contributed by atoms with Crippen LogP contribution in [0, 0.1) is 5.92 Å². The largest absolute Gasteiger partial charge is 0.489 e. The van der Waals surface area contributed by atoms with E-state index in [9.17, 15) is 5.11 Å². The van der Waals surface area contributed by atoms with E-state index in [0.29, 0.717) is 28.4 Å². The van der Waals surface area contributed by atoms with Crippen molar-refractivity contribution in [3.63, 3.8) is 0 Å². The molecular weight excluding hydrogens is 321 g/mol. The Kier molecular flexibility index (Phi) is 9.18. The highest BCUT2D eigenvalue weighted by molar-refractivity contribution is 6.34. The van der Waals surface area contributed by atoms with Gasteiger partial charge in [-0.15, -0.1) is 0 Å². The zero-order chi connectivity index (χ0) is 16.5. The molecular formula is C17H28Cl2NO2+. The minimum Gasteiger partial charge on any atom is -0.489 e. The highest BCUT2D eigenvalue weighted by atomic mass is 35.5. The van der Waals surface area contributed by atoms with E-state index in [0.717, 1.165) is 5.92 Å². The fraction of sp³-hybridized carbons (Fsp3) is 0.647. The number of aliphatic hydroxyl groups excluding tert-OH is 1. The van der Waals surface area contributed by atoms with Crippen molar-refractivity contribution in [2.45, 2.75) is 52.2 Å². The molecule has 5 heteroatoms. The van der Waals surface area contributed by atoms with Crippen molar-refractivity contribution in [2.75, 3.05) is 13.2 Å². The van der Waals surface area contributed by atoms with Crippen molar-refractivity contribution in [2.24, 2.45) is 5.92 Å². The third-order valence-electron chi connectivity index (χ3n) is 3.58. The van der Waals surface area contributed by atoms with Gasteiger partial charge in [0.15, 0.2) is 0 Å². The average molecular weight is 349 g/mol. The van der Waals surface area contributed by atoms with Gasteiger partial charge in [-0.2, -0.15) is 0 Å².